The Morgan fingerprint density at radius 3 is 1.79 bits per heavy atom. The highest BCUT2D eigenvalue weighted by Gasteiger charge is 2.43. The number of phenolic OH excluding ortho intramolecular Hbond substituents is 1. The molecule has 0 fully saturated rings. The molecule has 0 saturated heterocycles. The summed E-state index contributed by atoms with van der Waals surface area (Å²) < 4.78 is 131. The Morgan fingerprint density at radius 2 is 1.27 bits per heavy atom. The van der Waals surface area contributed by atoms with Crippen LogP contribution in [0.25, 0.3) is 11.1 Å². The summed E-state index contributed by atoms with van der Waals surface area (Å²) in [6.45, 7) is 1.71. The van der Waals surface area contributed by atoms with E-state index in [0.717, 1.165) is 12.1 Å². The number of benzene rings is 3. The van der Waals surface area contributed by atoms with Crippen LogP contribution in [0.5, 0.6) is 11.5 Å². The molecule has 0 aromatic heterocycles. The van der Waals surface area contributed by atoms with E-state index in [9.17, 15) is 40.2 Å². The maximum Gasteiger partial charge on any atom is 0.432 e. The number of halogens is 9. The zero-order chi connectivity index (χ0) is 24.7. The molecule has 11 heteroatoms. The van der Waals surface area contributed by atoms with Crippen molar-refractivity contribution in [3.05, 3.63) is 82.2 Å². The molecule has 3 rings (SSSR count). The Kier molecular flexibility index (Phi) is 6.53. The van der Waals surface area contributed by atoms with Gasteiger partial charge in [0.1, 0.15) is 34.5 Å². The third kappa shape index (κ3) is 4.57. The van der Waals surface area contributed by atoms with Crippen LogP contribution in [0.15, 0.2) is 30.3 Å². The van der Waals surface area contributed by atoms with Crippen molar-refractivity contribution in [2.75, 3.05) is 0 Å². The van der Waals surface area contributed by atoms with Gasteiger partial charge in [0.25, 0.3) is 0 Å². The van der Waals surface area contributed by atoms with Crippen LogP contribution in [0.3, 0.4) is 0 Å². The van der Waals surface area contributed by atoms with Crippen LogP contribution in [0, 0.1) is 40.7 Å². The van der Waals surface area contributed by atoms with Gasteiger partial charge in [-0.25, -0.2) is 30.7 Å². The van der Waals surface area contributed by atoms with Crippen LogP contribution in [-0.2, 0) is 12.5 Å². The van der Waals surface area contributed by atoms with Gasteiger partial charge in [-0.3, -0.25) is 0 Å². The van der Waals surface area contributed by atoms with E-state index >= 15 is 4.39 Å². The number of phenols is 1. The minimum atomic E-state index is -5.01. The van der Waals surface area contributed by atoms with Gasteiger partial charge >= 0.3 is 6.11 Å². The van der Waals surface area contributed by atoms with Gasteiger partial charge in [-0.15, -0.1) is 0 Å². The van der Waals surface area contributed by atoms with Gasteiger partial charge in [0.2, 0.25) is 0 Å². The van der Waals surface area contributed by atoms with Crippen LogP contribution >= 0.6 is 0 Å². The van der Waals surface area contributed by atoms with Crippen molar-refractivity contribution in [1.82, 2.24) is 0 Å². The van der Waals surface area contributed by atoms with E-state index in [1.54, 1.807) is 6.92 Å². The van der Waals surface area contributed by atoms with E-state index in [1.165, 1.54) is 0 Å². The molecule has 0 aliphatic carbocycles. The molecule has 3 aromatic carbocycles. The highest BCUT2D eigenvalue weighted by molar-refractivity contribution is 5.73. The Labute approximate surface area is 180 Å². The molecule has 0 saturated carbocycles. The summed E-state index contributed by atoms with van der Waals surface area (Å²) in [4.78, 5) is 0. The molecule has 3 aromatic rings. The molecule has 176 valence electrons. The number of hydrogen-bond acceptors (Lipinski definition) is 2. The van der Waals surface area contributed by atoms with Gasteiger partial charge < -0.3 is 9.84 Å². The quantitative estimate of drug-likeness (QED) is 0.301. The lowest BCUT2D eigenvalue weighted by molar-refractivity contribution is -0.189. The molecule has 0 spiro atoms. The Bertz CT molecular complexity index is 1180. The lowest BCUT2D eigenvalue weighted by Crippen LogP contribution is -2.26. The SMILES string of the molecule is CCCc1cc(F)c(-c2c(O)cc(F)c(C(F)(F)Oc3cc(F)c(F)c(F)c3)c2F)c(F)c1. The van der Waals surface area contributed by atoms with Gasteiger partial charge in [0.15, 0.2) is 23.3 Å². The Morgan fingerprint density at radius 1 is 0.727 bits per heavy atom. The van der Waals surface area contributed by atoms with E-state index in [0.29, 0.717) is 6.42 Å². The van der Waals surface area contributed by atoms with Crippen molar-refractivity contribution in [3.63, 3.8) is 0 Å². The molecule has 0 atom stereocenters. The first-order valence-electron chi connectivity index (χ1n) is 9.28. The summed E-state index contributed by atoms with van der Waals surface area (Å²) in [5, 5.41) is 9.89. The summed E-state index contributed by atoms with van der Waals surface area (Å²) in [5.41, 5.74) is -4.73. The largest absolute Gasteiger partial charge is 0.507 e. The standard InChI is InChI=1S/C22H13F9O2/c1-2-3-9-4-11(23)17(12(24)5-9)18-16(32)8-13(25)19(21(18)29)22(30,31)33-10-6-14(26)20(28)15(27)7-10/h4-8,32H,2-3H2,1H3. The van der Waals surface area contributed by atoms with E-state index in [-0.39, 0.29) is 30.2 Å². The normalized spacial score (nSPS) is 11.7. The Balaban J connectivity index is 2.17. The number of hydrogen-bond donors (Lipinski definition) is 1. The molecule has 2 nitrogen and oxygen atoms in total. The van der Waals surface area contributed by atoms with Crippen molar-refractivity contribution >= 4 is 0 Å². The average molecular weight is 480 g/mol. The van der Waals surface area contributed by atoms with E-state index in [1.807, 2.05) is 0 Å². The topological polar surface area (TPSA) is 29.5 Å². The molecule has 0 aliphatic heterocycles. The predicted molar refractivity (Wildman–Crippen MR) is 98.2 cm³/mol. The molecule has 0 bridgehead atoms. The number of aromatic hydroxyl groups is 1. The second-order valence-electron chi connectivity index (χ2n) is 6.95. The van der Waals surface area contributed by atoms with E-state index < -0.39 is 75.0 Å². The summed E-state index contributed by atoms with van der Waals surface area (Å²) in [7, 11) is 0. The minimum Gasteiger partial charge on any atom is -0.507 e. The minimum absolute atomic E-state index is 0.00471. The third-order valence-electron chi connectivity index (χ3n) is 4.58. The first-order valence-corrected chi connectivity index (χ1v) is 9.28. The van der Waals surface area contributed by atoms with Crippen molar-refractivity contribution in [3.8, 4) is 22.6 Å². The maximum absolute atomic E-state index is 15.0. The van der Waals surface area contributed by atoms with Crippen LogP contribution in [0.2, 0.25) is 0 Å². The molecular weight excluding hydrogens is 467 g/mol. The van der Waals surface area contributed by atoms with E-state index in [2.05, 4.69) is 4.74 Å². The molecule has 0 unspecified atom stereocenters. The molecule has 0 heterocycles. The van der Waals surface area contributed by atoms with Crippen LogP contribution < -0.4 is 4.74 Å². The number of alkyl halides is 2. The molecular formula is C22H13F9O2. The van der Waals surface area contributed by atoms with Crippen molar-refractivity contribution in [2.24, 2.45) is 0 Å². The van der Waals surface area contributed by atoms with Gasteiger partial charge in [-0.05, 0) is 24.1 Å². The second-order valence-corrected chi connectivity index (χ2v) is 6.95. The number of ether oxygens (including phenoxy) is 1. The monoisotopic (exact) mass is 480 g/mol. The van der Waals surface area contributed by atoms with E-state index in [4.69, 9.17) is 0 Å². The predicted octanol–water partition coefficient (Wildman–Crippen LogP) is 7.11. The average Bonchev–Trinajstić information content (AvgIpc) is 2.67. The summed E-state index contributed by atoms with van der Waals surface area (Å²) in [5.74, 6) is -15.8. The molecule has 0 aliphatic rings. The molecule has 1 N–H and O–H groups in total. The molecule has 0 radical (unpaired) electrons. The maximum atomic E-state index is 15.0. The fourth-order valence-electron chi connectivity index (χ4n) is 3.20. The van der Waals surface area contributed by atoms with Gasteiger partial charge in [-0.1, -0.05) is 13.3 Å². The second kappa shape index (κ2) is 8.87. The summed E-state index contributed by atoms with van der Waals surface area (Å²) >= 11 is 0. The van der Waals surface area contributed by atoms with Crippen molar-refractivity contribution in [2.45, 2.75) is 25.9 Å². The van der Waals surface area contributed by atoms with Gasteiger partial charge in [0, 0.05) is 18.2 Å². The fourth-order valence-corrected chi connectivity index (χ4v) is 3.20. The smallest absolute Gasteiger partial charge is 0.432 e. The van der Waals surface area contributed by atoms with Crippen molar-refractivity contribution in [1.29, 1.82) is 0 Å². The van der Waals surface area contributed by atoms with Crippen molar-refractivity contribution < 1.29 is 49.4 Å². The van der Waals surface area contributed by atoms with Crippen LogP contribution in [0.4, 0.5) is 39.5 Å². The van der Waals surface area contributed by atoms with Gasteiger partial charge in [-0.2, -0.15) is 8.78 Å². The number of aryl methyl sites for hydroxylation is 1. The first-order chi connectivity index (χ1) is 15.4. The first kappa shape index (κ1) is 24.3. The molecule has 33 heavy (non-hydrogen) atoms. The number of rotatable bonds is 6. The lowest BCUT2D eigenvalue weighted by Gasteiger charge is -2.21. The zero-order valence-electron chi connectivity index (χ0n) is 16.6. The highest BCUT2D eigenvalue weighted by atomic mass is 19.3. The highest BCUT2D eigenvalue weighted by Crippen LogP contribution is 2.44. The third-order valence-corrected chi connectivity index (χ3v) is 4.58. The molecule has 0 amide bonds. The summed E-state index contributed by atoms with van der Waals surface area (Å²) in [6, 6.07) is 1.55. The lowest BCUT2D eigenvalue weighted by atomic mass is 9.96. The zero-order valence-corrected chi connectivity index (χ0v) is 16.6. The van der Waals surface area contributed by atoms with Crippen LogP contribution in [-0.4, -0.2) is 5.11 Å². The summed E-state index contributed by atoms with van der Waals surface area (Å²) in [6.07, 6.45) is -4.29. The fraction of sp³-hybridized carbons (Fsp3) is 0.182. The van der Waals surface area contributed by atoms with Crippen LogP contribution in [0.1, 0.15) is 24.5 Å². The van der Waals surface area contributed by atoms with Gasteiger partial charge in [0.05, 0.1) is 11.1 Å². The Hall–Kier alpha value is -3.37.